The monoisotopic (exact) mass is 322 g/mol. The van der Waals surface area contributed by atoms with Gasteiger partial charge in [0.1, 0.15) is 16.6 Å². The Balaban J connectivity index is 2.03. The zero-order chi connectivity index (χ0) is 15.0. The zero-order valence-electron chi connectivity index (χ0n) is 10.7. The molecule has 3 aromatic rings. The first-order valence-corrected chi connectivity index (χ1v) is 7.84. The minimum atomic E-state index is -3.73. The van der Waals surface area contributed by atoms with Crippen LogP contribution in [0.3, 0.4) is 0 Å². The normalized spacial score (nSPS) is 11.7. The molecule has 3 rings (SSSR count). The van der Waals surface area contributed by atoms with E-state index in [0.717, 1.165) is 0 Å². The minimum Gasteiger partial charge on any atom is -0.399 e. The smallest absolute Gasteiger partial charge is 0.263 e. The van der Waals surface area contributed by atoms with E-state index in [4.69, 9.17) is 17.3 Å². The van der Waals surface area contributed by atoms with Gasteiger partial charge >= 0.3 is 0 Å². The van der Waals surface area contributed by atoms with Crippen molar-refractivity contribution in [2.45, 2.75) is 4.90 Å². The lowest BCUT2D eigenvalue weighted by atomic mass is 10.3. The molecular formula is C13H11ClN4O2S. The van der Waals surface area contributed by atoms with Gasteiger partial charge in [-0.2, -0.15) is 0 Å². The van der Waals surface area contributed by atoms with E-state index in [-0.39, 0.29) is 10.7 Å². The summed E-state index contributed by atoms with van der Waals surface area (Å²) in [5.41, 5.74) is 6.60. The summed E-state index contributed by atoms with van der Waals surface area (Å²) >= 11 is 6.07. The van der Waals surface area contributed by atoms with Gasteiger partial charge < -0.3 is 5.73 Å². The van der Waals surface area contributed by atoms with E-state index in [1.54, 1.807) is 18.2 Å². The highest BCUT2D eigenvalue weighted by molar-refractivity contribution is 7.92. The quantitative estimate of drug-likeness (QED) is 0.572. The number of imidazole rings is 1. The molecule has 0 spiro atoms. The van der Waals surface area contributed by atoms with E-state index >= 15 is 0 Å². The number of fused-ring (bicyclic) bond motifs is 1. The molecule has 0 saturated heterocycles. The molecule has 0 unspecified atom stereocenters. The van der Waals surface area contributed by atoms with Crippen LogP contribution in [0.25, 0.3) is 5.65 Å². The lowest BCUT2D eigenvalue weighted by molar-refractivity contribution is 0.601. The van der Waals surface area contributed by atoms with E-state index in [0.29, 0.717) is 16.5 Å². The second-order valence-electron chi connectivity index (χ2n) is 4.36. The van der Waals surface area contributed by atoms with Gasteiger partial charge in [0, 0.05) is 5.69 Å². The van der Waals surface area contributed by atoms with Crippen molar-refractivity contribution in [3.05, 3.63) is 53.8 Å². The van der Waals surface area contributed by atoms with Crippen molar-refractivity contribution >= 4 is 38.8 Å². The van der Waals surface area contributed by atoms with Crippen molar-refractivity contribution < 1.29 is 8.42 Å². The van der Waals surface area contributed by atoms with Crippen LogP contribution >= 0.6 is 11.6 Å². The number of nitrogens with one attached hydrogen (secondary N) is 1. The molecule has 2 heterocycles. The Morgan fingerprint density at radius 2 is 1.86 bits per heavy atom. The number of hydrogen-bond acceptors (Lipinski definition) is 4. The molecule has 0 radical (unpaired) electrons. The van der Waals surface area contributed by atoms with Crippen LogP contribution in [0.2, 0.25) is 5.15 Å². The number of halogens is 1. The van der Waals surface area contributed by atoms with Crippen LogP contribution < -0.4 is 10.5 Å². The summed E-state index contributed by atoms with van der Waals surface area (Å²) in [4.78, 5) is 4.21. The summed E-state index contributed by atoms with van der Waals surface area (Å²) in [6, 6.07) is 11.0. The molecule has 0 amide bonds. The summed E-state index contributed by atoms with van der Waals surface area (Å²) in [6.07, 6.45) is 1.41. The van der Waals surface area contributed by atoms with Crippen molar-refractivity contribution in [3.8, 4) is 0 Å². The van der Waals surface area contributed by atoms with Crippen LogP contribution in [-0.4, -0.2) is 17.8 Å². The van der Waals surface area contributed by atoms with E-state index in [1.165, 1.54) is 34.9 Å². The predicted molar refractivity (Wildman–Crippen MR) is 81.9 cm³/mol. The Morgan fingerprint density at radius 1 is 1.14 bits per heavy atom. The second-order valence-corrected chi connectivity index (χ2v) is 6.43. The molecule has 2 aromatic heterocycles. The molecular weight excluding hydrogens is 312 g/mol. The van der Waals surface area contributed by atoms with Crippen LogP contribution in [0.5, 0.6) is 0 Å². The highest BCUT2D eigenvalue weighted by Crippen LogP contribution is 2.22. The number of pyridine rings is 1. The summed E-state index contributed by atoms with van der Waals surface area (Å²) in [7, 11) is -3.73. The zero-order valence-corrected chi connectivity index (χ0v) is 12.3. The molecule has 0 fully saturated rings. The highest BCUT2D eigenvalue weighted by atomic mass is 35.5. The number of anilines is 2. The average molecular weight is 323 g/mol. The van der Waals surface area contributed by atoms with Gasteiger partial charge in [0.25, 0.3) is 10.0 Å². The number of sulfonamides is 1. The number of nitrogen functional groups attached to an aromatic ring is 1. The molecule has 0 aliphatic heterocycles. The maximum atomic E-state index is 12.3. The average Bonchev–Trinajstić information content (AvgIpc) is 2.83. The molecule has 1 aromatic carbocycles. The predicted octanol–water partition coefficient (Wildman–Crippen LogP) is 2.37. The van der Waals surface area contributed by atoms with Crippen LogP contribution in [0, 0.1) is 0 Å². The van der Waals surface area contributed by atoms with Crippen LogP contribution in [-0.2, 0) is 10.0 Å². The van der Waals surface area contributed by atoms with Gasteiger partial charge in [-0.3, -0.25) is 9.12 Å². The molecule has 3 N–H and O–H groups in total. The van der Waals surface area contributed by atoms with Crippen LogP contribution in [0.4, 0.5) is 11.5 Å². The van der Waals surface area contributed by atoms with Gasteiger partial charge in [-0.25, -0.2) is 13.4 Å². The number of benzene rings is 1. The van der Waals surface area contributed by atoms with E-state index in [2.05, 4.69) is 9.71 Å². The maximum absolute atomic E-state index is 12.3. The largest absolute Gasteiger partial charge is 0.399 e. The summed E-state index contributed by atoms with van der Waals surface area (Å²) in [5.74, 6) is 0.271. The van der Waals surface area contributed by atoms with Crippen molar-refractivity contribution in [1.29, 1.82) is 0 Å². The first kappa shape index (κ1) is 13.7. The molecule has 0 bridgehead atoms. The Hall–Kier alpha value is -2.25. The Bertz CT molecular complexity index is 904. The van der Waals surface area contributed by atoms with Crippen molar-refractivity contribution in [1.82, 2.24) is 9.38 Å². The topological polar surface area (TPSA) is 89.5 Å². The summed E-state index contributed by atoms with van der Waals surface area (Å²) < 4.78 is 28.6. The van der Waals surface area contributed by atoms with Gasteiger partial charge in [-0.1, -0.05) is 17.7 Å². The third-order valence-electron chi connectivity index (χ3n) is 2.91. The number of nitrogens with two attached hydrogens (primary N) is 1. The fourth-order valence-corrected chi connectivity index (χ4v) is 3.19. The Labute approximate surface area is 126 Å². The minimum absolute atomic E-state index is 0.110. The van der Waals surface area contributed by atoms with Gasteiger partial charge in [0.2, 0.25) is 0 Å². The van der Waals surface area contributed by atoms with E-state index < -0.39 is 10.0 Å². The first-order valence-electron chi connectivity index (χ1n) is 5.98. The van der Waals surface area contributed by atoms with Crippen molar-refractivity contribution in [3.63, 3.8) is 0 Å². The highest BCUT2D eigenvalue weighted by Gasteiger charge is 2.17. The maximum Gasteiger partial charge on any atom is 0.263 e. The summed E-state index contributed by atoms with van der Waals surface area (Å²) in [5, 5.41) is 0.361. The van der Waals surface area contributed by atoms with E-state index in [1.807, 2.05) is 0 Å². The van der Waals surface area contributed by atoms with Gasteiger partial charge in [0.15, 0.2) is 0 Å². The van der Waals surface area contributed by atoms with Crippen LogP contribution in [0.15, 0.2) is 53.6 Å². The SMILES string of the molecule is Nc1ccc(S(=O)(=O)Nc2cnc3cccc(Cl)n23)cc1. The molecule has 8 heteroatoms. The van der Waals surface area contributed by atoms with Crippen molar-refractivity contribution in [2.24, 2.45) is 0 Å². The number of hydrogen-bond donors (Lipinski definition) is 2. The Morgan fingerprint density at radius 3 is 2.57 bits per heavy atom. The molecule has 0 aliphatic rings. The van der Waals surface area contributed by atoms with E-state index in [9.17, 15) is 8.42 Å². The molecule has 6 nitrogen and oxygen atoms in total. The van der Waals surface area contributed by atoms with Gasteiger partial charge in [-0.05, 0) is 36.4 Å². The summed E-state index contributed by atoms with van der Waals surface area (Å²) in [6.45, 7) is 0. The van der Waals surface area contributed by atoms with Crippen molar-refractivity contribution in [2.75, 3.05) is 10.5 Å². The standard InChI is InChI=1S/C13H11ClN4O2S/c14-11-2-1-3-12-16-8-13(18(11)12)17-21(19,20)10-6-4-9(15)5-7-10/h1-8,17H,15H2. The molecule has 0 aliphatic carbocycles. The molecule has 21 heavy (non-hydrogen) atoms. The lowest BCUT2D eigenvalue weighted by Gasteiger charge is -2.08. The third-order valence-corrected chi connectivity index (χ3v) is 4.58. The van der Waals surface area contributed by atoms with Gasteiger partial charge in [0.05, 0.1) is 11.1 Å². The molecule has 0 atom stereocenters. The fourth-order valence-electron chi connectivity index (χ4n) is 1.91. The number of rotatable bonds is 3. The molecule has 0 saturated carbocycles. The lowest BCUT2D eigenvalue weighted by Crippen LogP contribution is -2.14. The molecule has 108 valence electrons. The van der Waals surface area contributed by atoms with Crippen LogP contribution in [0.1, 0.15) is 0 Å². The number of aromatic nitrogens is 2. The fraction of sp³-hybridized carbons (Fsp3) is 0. The Kier molecular flexibility index (Phi) is 3.23. The van der Waals surface area contributed by atoms with Gasteiger partial charge in [-0.15, -0.1) is 0 Å². The second kappa shape index (κ2) is 4.94. The number of nitrogens with zero attached hydrogens (tertiary/aromatic N) is 2. The first-order chi connectivity index (χ1) is 9.97. The third kappa shape index (κ3) is 2.53.